The highest BCUT2D eigenvalue weighted by Gasteiger charge is 2.06. The monoisotopic (exact) mass is 237 g/mol. The van der Waals surface area contributed by atoms with Crippen LogP contribution in [0.2, 0.25) is 0 Å². The third-order valence-electron chi connectivity index (χ3n) is 1.86. The standard InChI is InChI=1S/C10H23NO3S/c1-9(8-15-3)11-6-10(12)7-14-5-4-13-2/h9-12H,4-8H2,1-3H3. The molecular weight excluding hydrogens is 214 g/mol. The van der Waals surface area contributed by atoms with Gasteiger partial charge in [-0.25, -0.2) is 0 Å². The Labute approximate surface area is 96.7 Å². The van der Waals surface area contributed by atoms with Gasteiger partial charge in [0, 0.05) is 25.4 Å². The Balaban J connectivity index is 3.28. The van der Waals surface area contributed by atoms with Gasteiger partial charge < -0.3 is 19.9 Å². The van der Waals surface area contributed by atoms with E-state index in [2.05, 4.69) is 18.5 Å². The highest BCUT2D eigenvalue weighted by atomic mass is 32.2. The normalized spacial score (nSPS) is 15.2. The molecule has 0 bridgehead atoms. The molecule has 0 saturated carbocycles. The van der Waals surface area contributed by atoms with Gasteiger partial charge in [-0.15, -0.1) is 0 Å². The third-order valence-corrected chi connectivity index (χ3v) is 2.69. The van der Waals surface area contributed by atoms with E-state index in [9.17, 15) is 5.11 Å². The molecule has 0 radical (unpaired) electrons. The number of aliphatic hydroxyl groups excluding tert-OH is 1. The SMILES string of the molecule is COCCOCC(O)CNC(C)CSC. The molecule has 0 aliphatic rings. The van der Waals surface area contributed by atoms with Gasteiger partial charge in [0.25, 0.3) is 0 Å². The molecule has 0 aromatic rings. The third kappa shape index (κ3) is 10.5. The summed E-state index contributed by atoms with van der Waals surface area (Å²) in [5.74, 6) is 1.05. The summed E-state index contributed by atoms with van der Waals surface area (Å²) in [4.78, 5) is 0. The summed E-state index contributed by atoms with van der Waals surface area (Å²) in [6, 6.07) is 0.425. The highest BCUT2D eigenvalue weighted by Crippen LogP contribution is 1.96. The Hall–Kier alpha value is 0.190. The van der Waals surface area contributed by atoms with Crippen molar-refractivity contribution in [2.75, 3.05) is 45.5 Å². The lowest BCUT2D eigenvalue weighted by Crippen LogP contribution is -2.37. The van der Waals surface area contributed by atoms with E-state index in [0.717, 1.165) is 5.75 Å². The van der Waals surface area contributed by atoms with Crippen LogP contribution < -0.4 is 5.32 Å². The van der Waals surface area contributed by atoms with Crippen LogP contribution >= 0.6 is 11.8 Å². The molecule has 2 N–H and O–H groups in total. The maximum Gasteiger partial charge on any atom is 0.0897 e. The predicted molar refractivity (Wildman–Crippen MR) is 64.5 cm³/mol. The number of thioether (sulfide) groups is 1. The number of ether oxygens (including phenoxy) is 2. The van der Waals surface area contributed by atoms with Crippen LogP contribution in [0.4, 0.5) is 0 Å². The minimum atomic E-state index is -0.439. The Bertz CT molecular complexity index is 138. The Kier molecular flexibility index (Phi) is 10.8. The molecule has 2 unspecified atom stereocenters. The van der Waals surface area contributed by atoms with E-state index in [4.69, 9.17) is 9.47 Å². The molecule has 0 spiro atoms. The van der Waals surface area contributed by atoms with Crippen molar-refractivity contribution in [1.82, 2.24) is 5.32 Å². The second-order valence-electron chi connectivity index (χ2n) is 3.49. The maximum atomic E-state index is 9.53. The lowest BCUT2D eigenvalue weighted by atomic mass is 10.3. The van der Waals surface area contributed by atoms with Crippen molar-refractivity contribution in [3.63, 3.8) is 0 Å². The fourth-order valence-electron chi connectivity index (χ4n) is 1.07. The fourth-order valence-corrected chi connectivity index (χ4v) is 1.68. The minimum absolute atomic E-state index is 0.363. The Morgan fingerprint density at radius 2 is 2.13 bits per heavy atom. The zero-order valence-corrected chi connectivity index (χ0v) is 10.7. The van der Waals surface area contributed by atoms with E-state index >= 15 is 0 Å². The Morgan fingerprint density at radius 3 is 2.73 bits per heavy atom. The van der Waals surface area contributed by atoms with Crippen LogP contribution in [-0.4, -0.2) is 62.7 Å². The van der Waals surface area contributed by atoms with Crippen LogP contribution in [0.3, 0.4) is 0 Å². The number of hydrogen-bond donors (Lipinski definition) is 2. The van der Waals surface area contributed by atoms with Gasteiger partial charge in [-0.05, 0) is 13.2 Å². The zero-order chi connectivity index (χ0) is 11.5. The van der Waals surface area contributed by atoms with Crippen molar-refractivity contribution >= 4 is 11.8 Å². The largest absolute Gasteiger partial charge is 0.389 e. The van der Waals surface area contributed by atoms with E-state index in [-0.39, 0.29) is 0 Å². The van der Waals surface area contributed by atoms with Crippen molar-refractivity contribution < 1.29 is 14.6 Å². The molecule has 0 aliphatic heterocycles. The minimum Gasteiger partial charge on any atom is -0.389 e. The molecule has 0 aromatic heterocycles. The van der Waals surface area contributed by atoms with Crippen molar-refractivity contribution in [2.24, 2.45) is 0 Å². The van der Waals surface area contributed by atoms with E-state index in [1.54, 1.807) is 18.9 Å². The van der Waals surface area contributed by atoms with Gasteiger partial charge in [0.1, 0.15) is 0 Å². The number of rotatable bonds is 10. The van der Waals surface area contributed by atoms with Crippen LogP contribution in [0.5, 0.6) is 0 Å². The van der Waals surface area contributed by atoms with E-state index < -0.39 is 6.10 Å². The summed E-state index contributed by atoms with van der Waals surface area (Å²) >= 11 is 1.79. The van der Waals surface area contributed by atoms with Crippen molar-refractivity contribution in [3.05, 3.63) is 0 Å². The van der Waals surface area contributed by atoms with Gasteiger partial charge in [0.15, 0.2) is 0 Å². The number of aliphatic hydroxyl groups is 1. The molecule has 5 heteroatoms. The van der Waals surface area contributed by atoms with Gasteiger partial charge >= 0.3 is 0 Å². The molecule has 15 heavy (non-hydrogen) atoms. The van der Waals surface area contributed by atoms with Crippen molar-refractivity contribution in [2.45, 2.75) is 19.1 Å². The number of methoxy groups -OCH3 is 1. The van der Waals surface area contributed by atoms with Crippen LogP contribution in [0.25, 0.3) is 0 Å². The van der Waals surface area contributed by atoms with Crippen molar-refractivity contribution in [3.8, 4) is 0 Å². The van der Waals surface area contributed by atoms with Gasteiger partial charge in [-0.3, -0.25) is 0 Å². The second kappa shape index (κ2) is 10.7. The molecule has 4 nitrogen and oxygen atoms in total. The summed E-state index contributed by atoms with van der Waals surface area (Å²) in [5.41, 5.74) is 0. The molecule has 2 atom stereocenters. The maximum absolute atomic E-state index is 9.53. The highest BCUT2D eigenvalue weighted by molar-refractivity contribution is 7.98. The first-order valence-electron chi connectivity index (χ1n) is 5.17. The molecule has 0 fully saturated rings. The van der Waals surface area contributed by atoms with Crippen molar-refractivity contribution in [1.29, 1.82) is 0 Å². The summed E-state index contributed by atoms with van der Waals surface area (Å²) in [5, 5.41) is 12.8. The molecule has 92 valence electrons. The van der Waals surface area contributed by atoms with Crippen LogP contribution in [0.1, 0.15) is 6.92 Å². The first kappa shape index (κ1) is 15.2. The molecular formula is C10H23NO3S. The summed E-state index contributed by atoms with van der Waals surface area (Å²) in [6.45, 7) is 4.16. The topological polar surface area (TPSA) is 50.7 Å². The first-order valence-corrected chi connectivity index (χ1v) is 6.57. The summed E-state index contributed by atoms with van der Waals surface area (Å²) in [6.07, 6.45) is 1.63. The summed E-state index contributed by atoms with van der Waals surface area (Å²) in [7, 11) is 1.63. The van der Waals surface area contributed by atoms with E-state index in [1.807, 2.05) is 0 Å². The smallest absolute Gasteiger partial charge is 0.0897 e. The van der Waals surface area contributed by atoms with E-state index in [0.29, 0.717) is 32.4 Å². The van der Waals surface area contributed by atoms with Gasteiger partial charge in [-0.2, -0.15) is 11.8 Å². The molecule has 0 heterocycles. The summed E-state index contributed by atoms with van der Waals surface area (Å²) < 4.78 is 10.0. The number of nitrogens with one attached hydrogen (secondary N) is 1. The fraction of sp³-hybridized carbons (Fsp3) is 1.00. The molecule has 0 aromatic carbocycles. The van der Waals surface area contributed by atoms with Gasteiger partial charge in [0.05, 0.1) is 25.9 Å². The van der Waals surface area contributed by atoms with E-state index in [1.165, 1.54) is 0 Å². The van der Waals surface area contributed by atoms with Gasteiger partial charge in [-0.1, -0.05) is 0 Å². The number of hydrogen-bond acceptors (Lipinski definition) is 5. The quantitative estimate of drug-likeness (QED) is 0.537. The molecule has 0 amide bonds. The predicted octanol–water partition coefficient (Wildman–Crippen LogP) is 0.351. The molecule has 0 saturated heterocycles. The lowest BCUT2D eigenvalue weighted by molar-refractivity contribution is 0.0133. The zero-order valence-electron chi connectivity index (χ0n) is 9.86. The van der Waals surface area contributed by atoms with Crippen LogP contribution in [0, 0.1) is 0 Å². The van der Waals surface area contributed by atoms with Crippen LogP contribution in [0.15, 0.2) is 0 Å². The molecule has 0 rings (SSSR count). The first-order chi connectivity index (χ1) is 7.20. The Morgan fingerprint density at radius 1 is 1.40 bits per heavy atom. The second-order valence-corrected chi connectivity index (χ2v) is 4.40. The average Bonchev–Trinajstić information content (AvgIpc) is 2.22. The van der Waals surface area contributed by atoms with Crippen LogP contribution in [-0.2, 0) is 9.47 Å². The lowest BCUT2D eigenvalue weighted by Gasteiger charge is -2.16. The molecule has 0 aliphatic carbocycles. The average molecular weight is 237 g/mol. The van der Waals surface area contributed by atoms with Gasteiger partial charge in [0.2, 0.25) is 0 Å².